The van der Waals surface area contributed by atoms with Crippen molar-refractivity contribution in [3.8, 4) is 34.1 Å². The monoisotopic (exact) mass is 653 g/mol. The minimum atomic E-state index is -0.250. The van der Waals surface area contributed by atoms with Crippen molar-refractivity contribution in [3.05, 3.63) is 94.3 Å². The van der Waals surface area contributed by atoms with Gasteiger partial charge in [-0.2, -0.15) is 0 Å². The third kappa shape index (κ3) is 9.25. The molecule has 5 N–H and O–H groups in total. The topological polar surface area (TPSA) is 145 Å². The molecule has 4 aromatic rings. The number of pyridine rings is 1. The zero-order valence-corrected chi connectivity index (χ0v) is 26.6. The average Bonchev–Trinajstić information content (AvgIpc) is 3.06. The molecule has 1 aromatic heterocycles. The van der Waals surface area contributed by atoms with Crippen LogP contribution in [0.1, 0.15) is 29.2 Å². The van der Waals surface area contributed by atoms with E-state index < -0.39 is 0 Å². The molecule has 3 aromatic carbocycles. The van der Waals surface area contributed by atoms with E-state index in [1.54, 1.807) is 12.4 Å². The molecule has 1 aliphatic heterocycles. The van der Waals surface area contributed by atoms with E-state index in [4.69, 9.17) is 45.6 Å². The lowest BCUT2D eigenvalue weighted by Gasteiger charge is -2.20. The predicted octanol–water partition coefficient (Wildman–Crippen LogP) is 5.78. The number of aromatic nitrogens is 1. The molecular weight excluding hydrogens is 618 g/mol. The van der Waals surface area contributed by atoms with Crippen molar-refractivity contribution in [2.75, 3.05) is 19.8 Å². The lowest BCUT2D eigenvalue weighted by Crippen LogP contribution is -2.28. The van der Waals surface area contributed by atoms with Crippen LogP contribution >= 0.6 is 23.5 Å². The Morgan fingerprint density at radius 2 is 1.80 bits per heavy atom. The van der Waals surface area contributed by atoms with Crippen molar-refractivity contribution in [1.82, 2.24) is 10.3 Å². The summed E-state index contributed by atoms with van der Waals surface area (Å²) >= 11 is 7.83. The van der Waals surface area contributed by atoms with Crippen LogP contribution in [0.25, 0.3) is 11.1 Å². The highest BCUT2D eigenvalue weighted by molar-refractivity contribution is 7.97. The van der Waals surface area contributed by atoms with E-state index >= 15 is 0 Å². The summed E-state index contributed by atoms with van der Waals surface area (Å²) < 4.78 is 24.0. The molecule has 0 aliphatic carbocycles. The molecule has 12 heteroatoms. The average molecular weight is 654 g/mol. The summed E-state index contributed by atoms with van der Waals surface area (Å²) in [5.41, 5.74) is 6.01. The van der Waals surface area contributed by atoms with E-state index in [0.717, 1.165) is 61.7 Å². The van der Waals surface area contributed by atoms with E-state index in [0.29, 0.717) is 49.5 Å². The maximum Gasteiger partial charge on any atom is 0.290 e. The summed E-state index contributed by atoms with van der Waals surface area (Å²) in [5, 5.41) is 25.8. The molecule has 0 fully saturated rings. The van der Waals surface area contributed by atoms with Crippen LogP contribution in [0.3, 0.4) is 0 Å². The van der Waals surface area contributed by atoms with Crippen molar-refractivity contribution >= 4 is 30.0 Å². The highest BCUT2D eigenvalue weighted by Crippen LogP contribution is 2.37. The van der Waals surface area contributed by atoms with Gasteiger partial charge in [0.15, 0.2) is 11.5 Å². The Labute approximate surface area is 271 Å². The number of aliphatic hydroxyl groups is 1. The normalized spacial score (nSPS) is 12.5. The third-order valence-corrected chi connectivity index (χ3v) is 7.80. The van der Waals surface area contributed by atoms with Gasteiger partial charge in [0.05, 0.1) is 11.6 Å². The van der Waals surface area contributed by atoms with Crippen molar-refractivity contribution in [2.45, 2.75) is 44.5 Å². The molecule has 0 bridgehead atoms. The van der Waals surface area contributed by atoms with Gasteiger partial charge in [0.25, 0.3) is 6.47 Å². The Morgan fingerprint density at radius 1 is 1.04 bits per heavy atom. The number of fused-ring (bicyclic) bond motifs is 1. The Morgan fingerprint density at radius 3 is 2.56 bits per heavy atom. The van der Waals surface area contributed by atoms with Gasteiger partial charge in [0, 0.05) is 47.1 Å². The van der Waals surface area contributed by atoms with Gasteiger partial charge in [-0.1, -0.05) is 35.9 Å². The van der Waals surface area contributed by atoms with Crippen LogP contribution in [-0.2, 0) is 24.6 Å². The first kappa shape index (κ1) is 33.9. The summed E-state index contributed by atoms with van der Waals surface area (Å²) in [7, 11) is 0. The number of hydrogen-bond acceptors (Lipinski definition) is 10. The highest BCUT2D eigenvalue weighted by atomic mass is 35.5. The number of nitrogens with one attached hydrogen (secondary N) is 1. The van der Waals surface area contributed by atoms with Crippen molar-refractivity contribution in [2.24, 2.45) is 5.14 Å². The number of carbonyl (C=O) groups is 1. The molecule has 1 atom stereocenters. The van der Waals surface area contributed by atoms with E-state index in [2.05, 4.69) is 23.3 Å². The second-order valence-electron chi connectivity index (χ2n) is 10.1. The Hall–Kier alpha value is -4.00. The fraction of sp³-hybridized carbons (Fsp3) is 0.273. The zero-order chi connectivity index (χ0) is 32.2. The quantitative estimate of drug-likeness (QED) is 0.109. The molecule has 2 heterocycles. The smallest absolute Gasteiger partial charge is 0.290 e. The molecule has 0 amide bonds. The molecule has 45 heavy (non-hydrogen) atoms. The summed E-state index contributed by atoms with van der Waals surface area (Å²) in [6.45, 7) is 5.94. The summed E-state index contributed by atoms with van der Waals surface area (Å²) in [6, 6.07) is 17.7. The van der Waals surface area contributed by atoms with Gasteiger partial charge in [-0.15, -0.1) is 0 Å². The first-order chi connectivity index (χ1) is 21.9. The minimum Gasteiger partial charge on any atom is -0.488 e. The van der Waals surface area contributed by atoms with Gasteiger partial charge in [0.1, 0.15) is 37.9 Å². The number of aliphatic hydroxyl groups excluding tert-OH is 1. The number of nitrogens with two attached hydrogens (primary N) is 1. The van der Waals surface area contributed by atoms with Crippen LogP contribution < -0.4 is 29.4 Å². The Bertz CT molecular complexity index is 1590. The maximum atomic E-state index is 9.46. The van der Waals surface area contributed by atoms with Crippen molar-refractivity contribution in [3.63, 3.8) is 0 Å². The largest absolute Gasteiger partial charge is 0.488 e. The molecule has 1 unspecified atom stereocenters. The van der Waals surface area contributed by atoms with Crippen LogP contribution in [0.2, 0.25) is 5.02 Å². The van der Waals surface area contributed by atoms with Gasteiger partial charge in [0.2, 0.25) is 0 Å². The number of halogens is 1. The molecule has 10 nitrogen and oxygen atoms in total. The van der Waals surface area contributed by atoms with Gasteiger partial charge in [-0.25, -0.2) is 0 Å². The fourth-order valence-corrected chi connectivity index (χ4v) is 5.18. The number of carboxylic acid groups (broad SMARTS) is 1. The minimum absolute atomic E-state index is 0.0189. The molecule has 0 spiro atoms. The lowest BCUT2D eigenvalue weighted by molar-refractivity contribution is -0.122. The SMILES string of the molecule is Cc1c(COc2cc(OCc3cncc(SN)c3)c(CNC(C)CO)cc2Cl)cccc1-c1ccc2c(c1)OCCO2.O=CO. The fourth-order valence-electron chi connectivity index (χ4n) is 4.59. The van der Waals surface area contributed by atoms with Crippen LogP contribution in [0, 0.1) is 6.92 Å². The Balaban J connectivity index is 0.00000148. The molecule has 238 valence electrons. The van der Waals surface area contributed by atoms with Crippen molar-refractivity contribution in [1.29, 1.82) is 0 Å². The summed E-state index contributed by atoms with van der Waals surface area (Å²) in [5.74, 6) is 2.66. The zero-order valence-electron chi connectivity index (χ0n) is 25.0. The van der Waals surface area contributed by atoms with Crippen LogP contribution in [0.4, 0.5) is 0 Å². The first-order valence-corrected chi connectivity index (χ1v) is 15.4. The number of benzene rings is 3. The second-order valence-corrected chi connectivity index (χ2v) is 11.2. The van der Waals surface area contributed by atoms with Crippen LogP contribution in [0.5, 0.6) is 23.0 Å². The highest BCUT2D eigenvalue weighted by Gasteiger charge is 2.16. The van der Waals surface area contributed by atoms with Crippen LogP contribution in [0.15, 0.2) is 71.9 Å². The first-order valence-electron chi connectivity index (χ1n) is 14.2. The van der Waals surface area contributed by atoms with Crippen molar-refractivity contribution < 1.29 is 34.0 Å². The standard InChI is InChI=1S/C32H34ClN3O5S.CH2O2/c1-20(17-37)36-15-25-11-28(33)31(13-30(25)40-18-22-10-26(42-34)16-35-14-22)41-19-24-4-3-5-27(21(24)2)23-6-7-29-32(12-23)39-9-8-38-29;2-1-3/h3-7,10-14,16,20,36-37H,8-9,15,17-19,34H2,1-2H3;1H,(H,2,3). The van der Waals surface area contributed by atoms with E-state index in [9.17, 15) is 5.11 Å². The molecule has 0 radical (unpaired) electrons. The lowest BCUT2D eigenvalue weighted by atomic mass is 9.96. The van der Waals surface area contributed by atoms with Gasteiger partial charge in [-0.3, -0.25) is 14.9 Å². The third-order valence-electron chi connectivity index (χ3n) is 7.01. The summed E-state index contributed by atoms with van der Waals surface area (Å²) in [6.07, 6.45) is 3.45. The van der Waals surface area contributed by atoms with Crippen LogP contribution in [-0.4, -0.2) is 47.5 Å². The number of hydrogen-bond donors (Lipinski definition) is 4. The predicted molar refractivity (Wildman–Crippen MR) is 174 cm³/mol. The van der Waals surface area contributed by atoms with Gasteiger partial charge >= 0.3 is 0 Å². The molecule has 5 rings (SSSR count). The number of ether oxygens (including phenoxy) is 4. The van der Waals surface area contributed by atoms with E-state index in [1.165, 1.54) is 0 Å². The van der Waals surface area contributed by atoms with Gasteiger partial charge in [-0.05, 0) is 72.3 Å². The summed E-state index contributed by atoms with van der Waals surface area (Å²) in [4.78, 5) is 13.4. The maximum absolute atomic E-state index is 9.46. The molecule has 1 aliphatic rings. The van der Waals surface area contributed by atoms with Gasteiger partial charge < -0.3 is 34.5 Å². The van der Waals surface area contributed by atoms with E-state index in [-0.39, 0.29) is 19.1 Å². The molecular formula is C33H36ClN3O7S. The van der Waals surface area contributed by atoms with E-state index in [1.807, 2.05) is 55.5 Å². The second kappa shape index (κ2) is 16.9. The number of rotatable bonds is 12. The molecule has 0 saturated carbocycles. The molecule has 0 saturated heterocycles. The number of nitrogens with zero attached hydrogens (tertiary/aromatic N) is 1. The Kier molecular flexibility index (Phi) is 12.7.